The maximum Gasteiger partial charge on any atom is 0.421 e. The fraction of sp³-hybridized carbons (Fsp3) is 0.211. The number of carbonyl (C=O) groups excluding carboxylic acids is 1. The number of alkyl halides is 3. The fourth-order valence-corrected chi connectivity index (χ4v) is 3.06. The molecule has 0 aliphatic heterocycles. The number of carbonyl (C=O) groups is 1. The van der Waals surface area contributed by atoms with E-state index in [1.54, 1.807) is 4.72 Å². The van der Waals surface area contributed by atoms with E-state index in [0.717, 1.165) is 12.4 Å². The normalized spacial score (nSPS) is 13.2. The molecule has 0 unspecified atom stereocenters. The molecule has 1 amide bonds. The highest BCUT2D eigenvalue weighted by atomic mass is 32.2. The Morgan fingerprint density at radius 1 is 1.09 bits per heavy atom. The number of anilines is 4. The van der Waals surface area contributed by atoms with Crippen molar-refractivity contribution in [3.63, 3.8) is 0 Å². The lowest BCUT2D eigenvalue weighted by molar-refractivity contribution is -0.137. The quantitative estimate of drug-likeness (QED) is 0.366. The van der Waals surface area contributed by atoms with Crippen molar-refractivity contribution >= 4 is 39.2 Å². The summed E-state index contributed by atoms with van der Waals surface area (Å²) < 4.78 is 87.7. The molecule has 3 rings (SSSR count). The van der Waals surface area contributed by atoms with Crippen LogP contribution in [0.25, 0.3) is 0 Å². The number of hydrogen-bond acceptors (Lipinski definition) is 9. The van der Waals surface area contributed by atoms with Gasteiger partial charge in [-0.2, -0.15) is 18.2 Å². The van der Waals surface area contributed by atoms with E-state index in [9.17, 15) is 26.4 Å². The number of hydrogen-bond donors (Lipinski definition) is 4. The largest absolute Gasteiger partial charge is 0.421 e. The minimum absolute atomic E-state index is 0.193. The molecule has 3 aromatic rings. The molecule has 15 heteroatoms. The number of benzene rings is 1. The molecule has 2 heterocycles. The van der Waals surface area contributed by atoms with Gasteiger partial charge < -0.3 is 16.0 Å². The number of amides is 1. The van der Waals surface area contributed by atoms with Crippen LogP contribution in [-0.2, 0) is 22.7 Å². The van der Waals surface area contributed by atoms with Gasteiger partial charge in [-0.15, -0.1) is 0 Å². The van der Waals surface area contributed by atoms with Crippen molar-refractivity contribution in [3.05, 3.63) is 59.7 Å². The first-order valence-electron chi connectivity index (χ1n) is 10.8. The summed E-state index contributed by atoms with van der Waals surface area (Å²) in [6.07, 6.45) is -5.49. The van der Waals surface area contributed by atoms with E-state index < -0.39 is 46.1 Å². The van der Waals surface area contributed by atoms with Crippen molar-refractivity contribution in [3.8, 4) is 0 Å². The summed E-state index contributed by atoms with van der Waals surface area (Å²) in [7, 11) is -3.40. The van der Waals surface area contributed by atoms with Crippen molar-refractivity contribution in [1.82, 2.24) is 25.3 Å². The predicted molar refractivity (Wildman–Crippen MR) is 118 cm³/mol. The predicted octanol–water partition coefficient (Wildman–Crippen LogP) is 2.37. The maximum atomic E-state index is 13.6. The Morgan fingerprint density at radius 2 is 1.79 bits per heavy atom. The molecule has 11 nitrogen and oxygen atoms in total. The molecular weight excluding hydrogens is 477 g/mol. The van der Waals surface area contributed by atoms with Crippen molar-refractivity contribution in [1.29, 1.82) is 0 Å². The molecule has 0 aliphatic rings. The van der Waals surface area contributed by atoms with Gasteiger partial charge in [-0.1, -0.05) is 0 Å². The zero-order chi connectivity index (χ0) is 27.4. The van der Waals surface area contributed by atoms with E-state index in [0.29, 0.717) is 17.4 Å². The van der Waals surface area contributed by atoms with Crippen molar-refractivity contribution in [2.24, 2.45) is 0 Å². The van der Waals surface area contributed by atoms with Gasteiger partial charge in [-0.25, -0.2) is 18.4 Å². The van der Waals surface area contributed by atoms with Gasteiger partial charge >= 0.3 is 6.18 Å². The maximum absolute atomic E-state index is 13.6. The second-order valence-electron chi connectivity index (χ2n) is 6.55. The molecule has 4 N–H and O–H groups in total. The van der Waals surface area contributed by atoms with E-state index in [2.05, 4.69) is 35.9 Å². The third-order valence-corrected chi connectivity index (χ3v) is 4.61. The van der Waals surface area contributed by atoms with E-state index >= 15 is 0 Å². The Bertz CT molecular complexity index is 1390. The first kappa shape index (κ1) is 20.6. The van der Waals surface area contributed by atoms with Gasteiger partial charge in [0.25, 0.3) is 5.91 Å². The third kappa shape index (κ3) is 6.50. The smallest absolute Gasteiger partial charge is 0.364 e. The van der Waals surface area contributed by atoms with E-state index in [4.69, 9.17) is 4.11 Å². The zero-order valence-electron chi connectivity index (χ0n) is 20.3. The van der Waals surface area contributed by atoms with Gasteiger partial charge in [-0.3, -0.25) is 14.5 Å². The van der Waals surface area contributed by atoms with E-state index in [1.807, 2.05) is 0 Å². The summed E-state index contributed by atoms with van der Waals surface area (Å²) in [6, 6.07) is 5.98. The van der Waals surface area contributed by atoms with E-state index in [-0.39, 0.29) is 17.5 Å². The lowest BCUT2D eigenvalue weighted by atomic mass is 10.2. The van der Waals surface area contributed by atoms with Crippen LogP contribution >= 0.6 is 0 Å². The summed E-state index contributed by atoms with van der Waals surface area (Å²) in [6.45, 7) is -0.507. The Kier molecular flexibility index (Phi) is 5.97. The summed E-state index contributed by atoms with van der Waals surface area (Å²) in [5.41, 5.74) is -0.672. The Hall–Kier alpha value is -4.01. The molecule has 0 fully saturated rings. The highest BCUT2D eigenvalue weighted by Crippen LogP contribution is 2.34. The topological polar surface area (TPSA) is 151 Å². The molecule has 0 saturated carbocycles. The van der Waals surface area contributed by atoms with Gasteiger partial charge in [0.1, 0.15) is 17.1 Å². The zero-order valence-corrected chi connectivity index (χ0v) is 18.1. The minimum atomic E-state index is -4.86. The molecule has 2 aromatic heterocycles. The lowest BCUT2D eigenvalue weighted by Crippen LogP contribution is -2.18. The molecule has 1 aromatic carbocycles. The van der Waals surface area contributed by atoms with Crippen molar-refractivity contribution in [2.45, 2.75) is 12.7 Å². The van der Waals surface area contributed by atoms with Gasteiger partial charge in [0, 0.05) is 41.0 Å². The SMILES string of the molecule is [2H]C([2H])([2H])S(=O)(=O)Nc1nccnc1CNc1nc(Nc2ccc(C(=O)NC)cc2)ncc1C(F)(F)F. The molecule has 0 atom stereocenters. The van der Waals surface area contributed by atoms with Gasteiger partial charge in [0.05, 0.1) is 12.7 Å². The monoisotopic (exact) mass is 499 g/mol. The van der Waals surface area contributed by atoms with Gasteiger partial charge in [0.2, 0.25) is 16.0 Å². The van der Waals surface area contributed by atoms with Crippen molar-refractivity contribution in [2.75, 3.05) is 28.6 Å². The fourth-order valence-electron chi connectivity index (χ4n) is 2.64. The lowest BCUT2D eigenvalue weighted by Gasteiger charge is -2.15. The molecule has 0 spiro atoms. The molecule has 0 aliphatic carbocycles. The van der Waals surface area contributed by atoms with Crippen molar-refractivity contribution < 1.29 is 30.5 Å². The number of sulfonamides is 1. The average molecular weight is 499 g/mol. The number of nitrogens with zero attached hydrogens (tertiary/aromatic N) is 4. The van der Waals surface area contributed by atoms with Crippen LogP contribution in [0.1, 0.15) is 25.7 Å². The summed E-state index contributed by atoms with van der Waals surface area (Å²) in [5, 5.41) is 7.59. The van der Waals surface area contributed by atoms with Crippen LogP contribution in [0, 0.1) is 0 Å². The number of nitrogens with one attached hydrogen (secondary N) is 4. The first-order chi connectivity index (χ1) is 17.2. The first-order valence-corrected chi connectivity index (χ1v) is 10.8. The molecule has 0 bridgehead atoms. The Balaban J connectivity index is 1.86. The second-order valence-corrected chi connectivity index (χ2v) is 7.76. The molecule has 0 saturated heterocycles. The summed E-state index contributed by atoms with van der Waals surface area (Å²) in [4.78, 5) is 26.8. The van der Waals surface area contributed by atoms with Gasteiger partial charge in [-0.05, 0) is 24.3 Å². The second kappa shape index (κ2) is 9.86. The minimum Gasteiger partial charge on any atom is -0.364 e. The van der Waals surface area contributed by atoms with Crippen LogP contribution in [0.3, 0.4) is 0 Å². The molecule has 34 heavy (non-hydrogen) atoms. The number of aromatic nitrogens is 4. The summed E-state index contributed by atoms with van der Waals surface area (Å²) >= 11 is 0. The standard InChI is InChI=1S/C19H19F3N8O3S/c1-23-17(31)11-3-5-12(6-4-11)28-18-27-9-13(19(20,21)22)15(29-18)26-10-14-16(25-8-7-24-14)30-34(2,32)33/h3-9H,10H2,1-2H3,(H,23,31)(H,25,30)(H2,26,27,28,29)/i2D3. The highest BCUT2D eigenvalue weighted by Gasteiger charge is 2.35. The van der Waals surface area contributed by atoms with Gasteiger partial charge in [0.15, 0.2) is 5.82 Å². The third-order valence-electron chi connectivity index (χ3n) is 4.15. The Labute approximate surface area is 196 Å². The van der Waals surface area contributed by atoms with Crippen LogP contribution in [-0.4, -0.2) is 47.5 Å². The van der Waals surface area contributed by atoms with Crippen LogP contribution in [0.15, 0.2) is 42.9 Å². The van der Waals surface area contributed by atoms with Crippen LogP contribution in [0.4, 0.5) is 36.4 Å². The van der Waals surface area contributed by atoms with E-state index in [1.165, 1.54) is 31.3 Å². The molecule has 180 valence electrons. The average Bonchev–Trinajstić information content (AvgIpc) is 2.82. The number of halogens is 3. The van der Waals surface area contributed by atoms with Crippen LogP contribution < -0.4 is 20.7 Å². The van der Waals surface area contributed by atoms with Crippen LogP contribution in [0.5, 0.6) is 0 Å². The summed E-state index contributed by atoms with van der Waals surface area (Å²) in [5.74, 6) is -1.69. The number of rotatable bonds is 8. The molecule has 0 radical (unpaired) electrons. The Morgan fingerprint density at radius 3 is 2.44 bits per heavy atom. The highest BCUT2D eigenvalue weighted by molar-refractivity contribution is 7.92. The molecular formula is C19H19F3N8O3S. The van der Waals surface area contributed by atoms with Crippen LogP contribution in [0.2, 0.25) is 0 Å².